The zero-order valence-electron chi connectivity index (χ0n) is 19.9. The van der Waals surface area contributed by atoms with Crippen LogP contribution in [0.3, 0.4) is 0 Å². The number of carbonyl (C=O) groups excluding carboxylic acids is 1. The highest BCUT2D eigenvalue weighted by atomic mass is 16.6. The van der Waals surface area contributed by atoms with Crippen LogP contribution in [0.15, 0.2) is 73.1 Å². The fourth-order valence-corrected chi connectivity index (χ4v) is 4.05. The van der Waals surface area contributed by atoms with Gasteiger partial charge >= 0.3 is 6.09 Å². The van der Waals surface area contributed by atoms with Gasteiger partial charge in [0.2, 0.25) is 0 Å². The molecule has 0 bridgehead atoms. The molecule has 8 heteroatoms. The van der Waals surface area contributed by atoms with Gasteiger partial charge in [0.1, 0.15) is 11.4 Å². The van der Waals surface area contributed by atoms with Gasteiger partial charge in [-0.2, -0.15) is 5.10 Å². The minimum atomic E-state index is -0.489. The predicted molar refractivity (Wildman–Crippen MR) is 136 cm³/mol. The molecule has 5 aromatic rings. The molecule has 1 aromatic carbocycles. The Hall–Kier alpha value is -4.30. The van der Waals surface area contributed by atoms with E-state index in [0.717, 1.165) is 51.2 Å². The number of hydrogen-bond acceptors (Lipinski definition) is 6. The van der Waals surface area contributed by atoms with Crippen LogP contribution in [0.5, 0.6) is 5.75 Å². The normalized spacial score (nSPS) is 11.3. The quantitative estimate of drug-likeness (QED) is 0.395. The van der Waals surface area contributed by atoms with Gasteiger partial charge in [-0.15, -0.1) is 0 Å². The van der Waals surface area contributed by atoms with Crippen LogP contribution in [0, 0.1) is 6.92 Å². The van der Waals surface area contributed by atoms with E-state index < -0.39 is 6.09 Å². The van der Waals surface area contributed by atoms with Crippen LogP contribution in [0.4, 0.5) is 4.79 Å². The number of amides is 1. The summed E-state index contributed by atoms with van der Waals surface area (Å²) < 4.78 is 7.43. The van der Waals surface area contributed by atoms with E-state index in [1.165, 1.54) is 0 Å². The number of pyridine rings is 3. The van der Waals surface area contributed by atoms with Crippen LogP contribution in [-0.4, -0.2) is 57.8 Å². The summed E-state index contributed by atoms with van der Waals surface area (Å²) in [7, 11) is 3.90. The number of rotatable bonds is 6. The first kappa shape index (κ1) is 22.5. The standard InChI is InChI=1S/C27H26N6O2/c1-18-7-6-8-23(30-18)26-25(24-9-4-5-15-33(24)31-26)20-12-13-28-22-11-10-19(17-21(20)22)35-27(34)29-14-16-32(2)3/h4-13,15,17H,14,16H2,1-3H3,(H,29,34). The van der Waals surface area contributed by atoms with E-state index in [1.54, 1.807) is 12.3 Å². The number of nitrogens with zero attached hydrogens (tertiary/aromatic N) is 5. The summed E-state index contributed by atoms with van der Waals surface area (Å²) in [5, 5.41) is 8.49. The Labute approximate surface area is 203 Å². The van der Waals surface area contributed by atoms with Gasteiger partial charge in [-0.1, -0.05) is 12.1 Å². The third kappa shape index (κ3) is 4.69. The summed E-state index contributed by atoms with van der Waals surface area (Å²) in [4.78, 5) is 23.6. The first-order valence-corrected chi connectivity index (χ1v) is 11.4. The zero-order chi connectivity index (χ0) is 24.4. The summed E-state index contributed by atoms with van der Waals surface area (Å²) in [6.45, 7) is 3.20. The summed E-state index contributed by atoms with van der Waals surface area (Å²) in [6.07, 6.45) is 3.22. The van der Waals surface area contributed by atoms with Crippen molar-refractivity contribution >= 4 is 22.5 Å². The number of benzene rings is 1. The molecule has 35 heavy (non-hydrogen) atoms. The molecule has 4 heterocycles. The second kappa shape index (κ2) is 9.52. The molecule has 0 spiro atoms. The molecule has 0 aliphatic rings. The SMILES string of the molecule is Cc1cccc(-c2nn3ccccc3c2-c2ccnc3ccc(OC(=O)NCCN(C)C)cc23)n1. The van der Waals surface area contributed by atoms with Crippen molar-refractivity contribution in [2.24, 2.45) is 0 Å². The van der Waals surface area contributed by atoms with E-state index in [9.17, 15) is 4.79 Å². The van der Waals surface area contributed by atoms with E-state index >= 15 is 0 Å². The smallest absolute Gasteiger partial charge is 0.410 e. The number of ether oxygens (including phenoxy) is 1. The van der Waals surface area contributed by atoms with Gasteiger partial charge in [0.15, 0.2) is 0 Å². The lowest BCUT2D eigenvalue weighted by Gasteiger charge is -2.12. The molecule has 0 fully saturated rings. The lowest BCUT2D eigenvalue weighted by atomic mass is 9.98. The van der Waals surface area contributed by atoms with Crippen LogP contribution >= 0.6 is 0 Å². The Morgan fingerprint density at radius 2 is 1.97 bits per heavy atom. The van der Waals surface area contributed by atoms with Gasteiger partial charge in [0.25, 0.3) is 0 Å². The second-order valence-corrected chi connectivity index (χ2v) is 8.58. The van der Waals surface area contributed by atoms with E-state index in [-0.39, 0.29) is 0 Å². The average Bonchev–Trinajstić information content (AvgIpc) is 3.23. The van der Waals surface area contributed by atoms with Crippen molar-refractivity contribution in [3.63, 3.8) is 0 Å². The maximum atomic E-state index is 12.3. The number of aromatic nitrogens is 4. The molecule has 0 saturated heterocycles. The van der Waals surface area contributed by atoms with Crippen molar-refractivity contribution in [1.82, 2.24) is 29.8 Å². The third-order valence-corrected chi connectivity index (χ3v) is 5.69. The van der Waals surface area contributed by atoms with Crippen LogP contribution in [0.1, 0.15) is 5.69 Å². The Morgan fingerprint density at radius 1 is 1.09 bits per heavy atom. The van der Waals surface area contributed by atoms with Gasteiger partial charge in [-0.25, -0.2) is 9.31 Å². The van der Waals surface area contributed by atoms with E-state index in [0.29, 0.717) is 12.3 Å². The van der Waals surface area contributed by atoms with Crippen LogP contribution in [-0.2, 0) is 0 Å². The molecule has 0 atom stereocenters. The molecule has 1 amide bonds. The highest BCUT2D eigenvalue weighted by Crippen LogP contribution is 2.38. The van der Waals surface area contributed by atoms with Crippen molar-refractivity contribution in [1.29, 1.82) is 0 Å². The molecule has 0 aliphatic carbocycles. The van der Waals surface area contributed by atoms with Crippen LogP contribution in [0.2, 0.25) is 0 Å². The van der Waals surface area contributed by atoms with Crippen LogP contribution < -0.4 is 10.1 Å². The first-order valence-electron chi connectivity index (χ1n) is 11.4. The molecule has 176 valence electrons. The Kier molecular flexibility index (Phi) is 6.12. The van der Waals surface area contributed by atoms with Crippen molar-refractivity contribution < 1.29 is 9.53 Å². The lowest BCUT2D eigenvalue weighted by Crippen LogP contribution is -2.33. The van der Waals surface area contributed by atoms with E-state index in [2.05, 4.69) is 10.3 Å². The maximum Gasteiger partial charge on any atom is 0.412 e. The number of likely N-dealkylation sites (N-methyl/N-ethyl adjacent to an activating group) is 1. The molecular weight excluding hydrogens is 440 g/mol. The van der Waals surface area contributed by atoms with Crippen molar-refractivity contribution in [3.05, 3.63) is 78.8 Å². The largest absolute Gasteiger partial charge is 0.412 e. The molecule has 0 saturated carbocycles. The third-order valence-electron chi connectivity index (χ3n) is 5.69. The Bertz CT molecular complexity index is 1530. The summed E-state index contributed by atoms with van der Waals surface area (Å²) in [5.74, 6) is 0.445. The number of aryl methyl sites for hydroxylation is 1. The number of nitrogens with one attached hydrogen (secondary N) is 1. The summed E-state index contributed by atoms with van der Waals surface area (Å²) in [5.41, 5.74) is 6.12. The maximum absolute atomic E-state index is 12.3. The van der Waals surface area contributed by atoms with Gasteiger partial charge in [0, 0.05) is 42.1 Å². The van der Waals surface area contributed by atoms with Gasteiger partial charge < -0.3 is 15.0 Å². The minimum absolute atomic E-state index is 0.445. The monoisotopic (exact) mass is 466 g/mol. The van der Waals surface area contributed by atoms with Gasteiger partial charge in [0.05, 0.1) is 16.7 Å². The molecular formula is C27H26N6O2. The van der Waals surface area contributed by atoms with Crippen molar-refractivity contribution in [3.8, 4) is 28.3 Å². The molecule has 0 radical (unpaired) electrons. The topological polar surface area (TPSA) is 84.6 Å². The highest BCUT2D eigenvalue weighted by Gasteiger charge is 2.20. The Balaban J connectivity index is 1.61. The van der Waals surface area contributed by atoms with Gasteiger partial charge in [-0.3, -0.25) is 9.97 Å². The second-order valence-electron chi connectivity index (χ2n) is 8.58. The molecule has 5 rings (SSSR count). The van der Waals surface area contributed by atoms with E-state index in [1.807, 2.05) is 91.2 Å². The first-order chi connectivity index (χ1) is 17.0. The summed E-state index contributed by atoms with van der Waals surface area (Å²) in [6, 6.07) is 19.3. The fourth-order valence-electron chi connectivity index (χ4n) is 4.05. The molecule has 8 nitrogen and oxygen atoms in total. The zero-order valence-corrected chi connectivity index (χ0v) is 19.9. The lowest BCUT2D eigenvalue weighted by molar-refractivity contribution is 0.199. The number of carbonyl (C=O) groups is 1. The van der Waals surface area contributed by atoms with Crippen LogP contribution in [0.25, 0.3) is 38.9 Å². The molecule has 1 N–H and O–H groups in total. The number of fused-ring (bicyclic) bond motifs is 2. The molecule has 0 aliphatic heterocycles. The van der Waals surface area contributed by atoms with Gasteiger partial charge in [-0.05, 0) is 75.1 Å². The molecule has 4 aromatic heterocycles. The fraction of sp³-hybridized carbons (Fsp3) is 0.185. The minimum Gasteiger partial charge on any atom is -0.410 e. The van der Waals surface area contributed by atoms with E-state index in [4.69, 9.17) is 14.8 Å². The number of hydrogen-bond donors (Lipinski definition) is 1. The Morgan fingerprint density at radius 3 is 2.80 bits per heavy atom. The van der Waals surface area contributed by atoms with Crippen molar-refractivity contribution in [2.45, 2.75) is 6.92 Å². The highest BCUT2D eigenvalue weighted by molar-refractivity contribution is 6.03. The molecule has 0 unspecified atom stereocenters. The average molecular weight is 467 g/mol. The predicted octanol–water partition coefficient (Wildman–Crippen LogP) is 4.57. The summed E-state index contributed by atoms with van der Waals surface area (Å²) >= 11 is 0. The van der Waals surface area contributed by atoms with Crippen molar-refractivity contribution in [2.75, 3.05) is 27.2 Å².